The van der Waals surface area contributed by atoms with Crippen molar-refractivity contribution in [3.05, 3.63) is 47.5 Å². The third kappa shape index (κ3) is 5.23. The first kappa shape index (κ1) is 21.9. The van der Waals surface area contributed by atoms with Crippen LogP contribution < -0.4 is 20.1 Å². The van der Waals surface area contributed by atoms with Crippen molar-refractivity contribution in [1.29, 1.82) is 0 Å². The lowest BCUT2D eigenvalue weighted by molar-refractivity contribution is -0.136. The number of amides is 2. The van der Waals surface area contributed by atoms with Crippen molar-refractivity contribution < 1.29 is 19.1 Å². The fraction of sp³-hybridized carbons (Fsp3) is 0.364. The molecule has 2 aromatic carbocycles. The summed E-state index contributed by atoms with van der Waals surface area (Å²) in [6.45, 7) is 7.29. The molecular weight excluding hydrogens is 406 g/mol. The average molecular weight is 432 g/mol. The number of nitrogens with one attached hydrogen (secondary N) is 2. The highest BCUT2D eigenvalue weighted by Crippen LogP contribution is 2.33. The molecule has 0 atom stereocenters. The highest BCUT2D eigenvalue weighted by atomic mass is 35.5. The van der Waals surface area contributed by atoms with Crippen molar-refractivity contribution in [3.63, 3.8) is 0 Å². The smallest absolute Gasteiger partial charge is 0.240 e. The molecule has 2 aromatic rings. The number of rotatable bonds is 7. The molecule has 8 heteroatoms. The average Bonchev–Trinajstić information content (AvgIpc) is 2.69. The molecule has 1 aliphatic heterocycles. The fourth-order valence-corrected chi connectivity index (χ4v) is 3.34. The summed E-state index contributed by atoms with van der Waals surface area (Å²) in [5.74, 6) is 1.47. The Morgan fingerprint density at radius 1 is 1.20 bits per heavy atom. The molecule has 0 aliphatic carbocycles. The van der Waals surface area contributed by atoms with Crippen LogP contribution in [0.2, 0.25) is 5.02 Å². The number of halogens is 1. The minimum Gasteiger partial charge on any atom is -0.494 e. The highest BCUT2D eigenvalue weighted by molar-refractivity contribution is 6.31. The molecule has 7 nitrogen and oxygen atoms in total. The van der Waals surface area contributed by atoms with Gasteiger partial charge in [0, 0.05) is 18.1 Å². The lowest BCUT2D eigenvalue weighted by Crippen LogP contribution is -2.62. The maximum absolute atomic E-state index is 12.7. The number of carbonyl (C=O) groups excluding carboxylic acids is 2. The van der Waals surface area contributed by atoms with E-state index in [2.05, 4.69) is 10.6 Å². The van der Waals surface area contributed by atoms with Crippen LogP contribution >= 0.6 is 11.6 Å². The Morgan fingerprint density at radius 3 is 2.60 bits per heavy atom. The maximum atomic E-state index is 12.7. The molecule has 2 amide bonds. The number of benzene rings is 2. The van der Waals surface area contributed by atoms with Crippen LogP contribution in [0.15, 0.2) is 42.5 Å². The SMILES string of the molecule is CCOc1ccc(Oc2ccc(Cl)cc2NC(=O)CN2CCNC(=O)C2(C)C)cc1. The predicted octanol–water partition coefficient (Wildman–Crippen LogP) is 3.68. The largest absolute Gasteiger partial charge is 0.494 e. The van der Waals surface area contributed by atoms with E-state index in [-0.39, 0.29) is 18.4 Å². The Bertz CT molecular complexity index is 915. The Balaban J connectivity index is 1.71. The van der Waals surface area contributed by atoms with Crippen LogP contribution in [-0.2, 0) is 9.59 Å². The normalized spacial score (nSPS) is 15.9. The molecule has 0 radical (unpaired) electrons. The zero-order chi connectivity index (χ0) is 21.7. The monoisotopic (exact) mass is 431 g/mol. The van der Waals surface area contributed by atoms with E-state index in [9.17, 15) is 9.59 Å². The Morgan fingerprint density at radius 2 is 1.90 bits per heavy atom. The first-order valence-electron chi connectivity index (χ1n) is 9.83. The van der Waals surface area contributed by atoms with Gasteiger partial charge in [0.05, 0.1) is 24.4 Å². The quantitative estimate of drug-likeness (QED) is 0.699. The second-order valence-electron chi connectivity index (χ2n) is 7.43. The summed E-state index contributed by atoms with van der Waals surface area (Å²) in [6, 6.07) is 12.2. The number of hydrogen-bond donors (Lipinski definition) is 2. The minimum absolute atomic E-state index is 0.0788. The topological polar surface area (TPSA) is 79.9 Å². The molecule has 160 valence electrons. The number of anilines is 1. The molecule has 3 rings (SSSR count). The van der Waals surface area contributed by atoms with Gasteiger partial charge in [-0.1, -0.05) is 11.6 Å². The van der Waals surface area contributed by atoms with Crippen molar-refractivity contribution in [2.45, 2.75) is 26.3 Å². The number of ether oxygens (including phenoxy) is 2. The Hall–Kier alpha value is -2.77. The van der Waals surface area contributed by atoms with Crippen LogP contribution in [0.3, 0.4) is 0 Å². The molecule has 1 saturated heterocycles. The zero-order valence-electron chi connectivity index (χ0n) is 17.3. The molecule has 0 unspecified atom stereocenters. The van der Waals surface area contributed by atoms with Gasteiger partial charge in [0.2, 0.25) is 11.8 Å². The Labute approximate surface area is 181 Å². The summed E-state index contributed by atoms with van der Waals surface area (Å²) in [5.41, 5.74) is -0.299. The third-order valence-corrected chi connectivity index (χ3v) is 5.16. The van der Waals surface area contributed by atoms with Crippen LogP contribution in [0.1, 0.15) is 20.8 Å². The second-order valence-corrected chi connectivity index (χ2v) is 7.87. The van der Waals surface area contributed by atoms with Crippen molar-refractivity contribution in [2.24, 2.45) is 0 Å². The molecule has 0 saturated carbocycles. The molecule has 1 fully saturated rings. The van der Waals surface area contributed by atoms with Gasteiger partial charge in [0.25, 0.3) is 0 Å². The van der Waals surface area contributed by atoms with Crippen LogP contribution in [0.5, 0.6) is 17.2 Å². The van der Waals surface area contributed by atoms with Gasteiger partial charge in [-0.15, -0.1) is 0 Å². The van der Waals surface area contributed by atoms with Gasteiger partial charge in [-0.2, -0.15) is 0 Å². The predicted molar refractivity (Wildman–Crippen MR) is 116 cm³/mol. The van der Waals surface area contributed by atoms with Crippen molar-refractivity contribution in [1.82, 2.24) is 10.2 Å². The van der Waals surface area contributed by atoms with Crippen molar-refractivity contribution in [3.8, 4) is 17.2 Å². The fourth-order valence-electron chi connectivity index (χ4n) is 3.17. The Kier molecular flexibility index (Phi) is 6.84. The molecule has 2 N–H and O–H groups in total. The molecule has 0 spiro atoms. The van der Waals surface area contributed by atoms with Gasteiger partial charge < -0.3 is 20.1 Å². The lowest BCUT2D eigenvalue weighted by atomic mass is 9.99. The van der Waals surface area contributed by atoms with Gasteiger partial charge in [-0.25, -0.2) is 0 Å². The van der Waals surface area contributed by atoms with E-state index in [0.29, 0.717) is 41.9 Å². The van der Waals surface area contributed by atoms with Gasteiger partial charge in [-0.05, 0) is 63.2 Å². The minimum atomic E-state index is -0.758. The maximum Gasteiger partial charge on any atom is 0.240 e. The molecule has 1 aliphatic rings. The standard InChI is InChI=1S/C22H26ClN3O4/c1-4-29-16-6-8-17(9-7-16)30-19-10-5-15(23)13-18(19)25-20(27)14-26-12-11-24-21(28)22(26,2)3/h5-10,13H,4,11-12,14H2,1-3H3,(H,24,28)(H,25,27). The summed E-state index contributed by atoms with van der Waals surface area (Å²) in [5, 5.41) is 6.15. The number of carbonyl (C=O) groups is 2. The number of hydrogen-bond acceptors (Lipinski definition) is 5. The van der Waals surface area contributed by atoms with Gasteiger partial charge >= 0.3 is 0 Å². The number of piperazine rings is 1. The van der Waals surface area contributed by atoms with Crippen molar-refractivity contribution in [2.75, 3.05) is 31.6 Å². The number of nitrogens with zero attached hydrogens (tertiary/aromatic N) is 1. The second kappa shape index (κ2) is 9.36. The lowest BCUT2D eigenvalue weighted by Gasteiger charge is -2.40. The van der Waals surface area contributed by atoms with Crippen LogP contribution in [0.4, 0.5) is 5.69 Å². The molecular formula is C22H26ClN3O4. The first-order valence-corrected chi connectivity index (χ1v) is 10.2. The van der Waals surface area contributed by atoms with Crippen LogP contribution in [0.25, 0.3) is 0 Å². The van der Waals surface area contributed by atoms with Gasteiger partial charge in [-0.3, -0.25) is 14.5 Å². The molecule has 30 heavy (non-hydrogen) atoms. The molecule has 0 aromatic heterocycles. The molecule has 0 bridgehead atoms. The zero-order valence-corrected chi connectivity index (χ0v) is 18.1. The summed E-state index contributed by atoms with van der Waals surface area (Å²) in [4.78, 5) is 26.7. The van der Waals surface area contributed by atoms with E-state index < -0.39 is 5.54 Å². The van der Waals surface area contributed by atoms with Gasteiger partial charge in [0.15, 0.2) is 5.75 Å². The van der Waals surface area contributed by atoms with Gasteiger partial charge in [0.1, 0.15) is 11.5 Å². The van der Waals surface area contributed by atoms with Crippen LogP contribution in [-0.4, -0.2) is 48.5 Å². The first-order chi connectivity index (χ1) is 14.3. The van der Waals surface area contributed by atoms with E-state index >= 15 is 0 Å². The van der Waals surface area contributed by atoms with E-state index in [1.54, 1.807) is 44.2 Å². The van der Waals surface area contributed by atoms with Crippen LogP contribution in [0, 0.1) is 0 Å². The highest BCUT2D eigenvalue weighted by Gasteiger charge is 2.38. The summed E-state index contributed by atoms with van der Waals surface area (Å²) < 4.78 is 11.4. The molecule has 1 heterocycles. The van der Waals surface area contributed by atoms with E-state index in [1.165, 1.54) is 0 Å². The van der Waals surface area contributed by atoms with Crippen molar-refractivity contribution >= 4 is 29.1 Å². The summed E-state index contributed by atoms with van der Waals surface area (Å²) in [7, 11) is 0. The summed E-state index contributed by atoms with van der Waals surface area (Å²) in [6.07, 6.45) is 0. The summed E-state index contributed by atoms with van der Waals surface area (Å²) >= 11 is 6.13. The van der Waals surface area contributed by atoms with E-state index in [0.717, 1.165) is 5.75 Å². The van der Waals surface area contributed by atoms with E-state index in [4.69, 9.17) is 21.1 Å². The van der Waals surface area contributed by atoms with E-state index in [1.807, 2.05) is 24.0 Å². The third-order valence-electron chi connectivity index (χ3n) is 4.93.